The van der Waals surface area contributed by atoms with Crippen LogP contribution in [0, 0.1) is 5.41 Å². The van der Waals surface area contributed by atoms with Crippen molar-refractivity contribution in [1.29, 1.82) is 0 Å². The van der Waals surface area contributed by atoms with Crippen LogP contribution in [0.2, 0.25) is 4.34 Å². The molecule has 1 atom stereocenters. The quantitative estimate of drug-likeness (QED) is 0.593. The van der Waals surface area contributed by atoms with Crippen LogP contribution in [0.4, 0.5) is 0 Å². The molecule has 1 aromatic heterocycles. The Morgan fingerprint density at radius 1 is 1.42 bits per heavy atom. The average Bonchev–Trinajstić information content (AvgIpc) is 2.69. The highest BCUT2D eigenvalue weighted by Crippen LogP contribution is 2.32. The van der Waals surface area contributed by atoms with E-state index in [9.17, 15) is 9.59 Å². The van der Waals surface area contributed by atoms with Gasteiger partial charge in [-0.05, 0) is 13.0 Å². The average molecular weight is 305 g/mol. The van der Waals surface area contributed by atoms with Gasteiger partial charge in [0.15, 0.2) is 0 Å². The summed E-state index contributed by atoms with van der Waals surface area (Å²) in [7, 11) is 0. The van der Waals surface area contributed by atoms with Gasteiger partial charge >= 0.3 is 0 Å². The van der Waals surface area contributed by atoms with Gasteiger partial charge in [0.2, 0.25) is 5.91 Å². The summed E-state index contributed by atoms with van der Waals surface area (Å²) < 4.78 is 0.276. The second-order valence-corrected chi connectivity index (χ2v) is 6.91. The van der Waals surface area contributed by atoms with E-state index < -0.39 is 11.3 Å². The smallest absolute Gasteiger partial charge is 0.277 e. The van der Waals surface area contributed by atoms with Crippen LogP contribution in [0.15, 0.2) is 6.07 Å². The van der Waals surface area contributed by atoms with Crippen LogP contribution in [0.3, 0.4) is 0 Å². The van der Waals surface area contributed by atoms with Crippen molar-refractivity contribution < 1.29 is 14.8 Å². The number of nitrogens with one attached hydrogen (secondary N) is 2. The molecule has 1 unspecified atom stereocenters. The molecular weight excluding hydrogens is 288 g/mol. The Morgan fingerprint density at radius 3 is 2.47 bits per heavy atom. The molecule has 0 fully saturated rings. The molecule has 1 aromatic rings. The lowest BCUT2D eigenvalue weighted by Crippen LogP contribution is -2.36. The predicted octanol–water partition coefficient (Wildman–Crippen LogP) is 2.74. The first-order valence-electron chi connectivity index (χ1n) is 5.71. The van der Waals surface area contributed by atoms with Crippen LogP contribution in [-0.2, 0) is 4.79 Å². The highest BCUT2D eigenvalue weighted by Gasteiger charge is 2.24. The number of rotatable bonds is 3. The van der Waals surface area contributed by atoms with Crippen molar-refractivity contribution in [1.82, 2.24) is 10.8 Å². The van der Waals surface area contributed by atoms with E-state index >= 15 is 0 Å². The van der Waals surface area contributed by atoms with Crippen LogP contribution >= 0.6 is 22.9 Å². The fourth-order valence-electron chi connectivity index (χ4n) is 1.30. The minimum atomic E-state index is -0.665. The summed E-state index contributed by atoms with van der Waals surface area (Å²) in [6, 6.07) is 1.31. The van der Waals surface area contributed by atoms with Gasteiger partial charge in [-0.15, -0.1) is 11.3 Å². The van der Waals surface area contributed by atoms with E-state index in [0.717, 1.165) is 4.88 Å². The zero-order valence-electron chi connectivity index (χ0n) is 11.2. The lowest BCUT2D eigenvalue weighted by Gasteiger charge is -2.21. The normalized spacial score (nSPS) is 12.9. The Morgan fingerprint density at radius 2 is 2.00 bits per heavy atom. The van der Waals surface area contributed by atoms with Crippen LogP contribution in [0.1, 0.15) is 49.0 Å². The van der Waals surface area contributed by atoms with Gasteiger partial charge in [0.1, 0.15) is 4.34 Å². The molecule has 0 aliphatic rings. The van der Waals surface area contributed by atoms with Crippen molar-refractivity contribution in [2.24, 2.45) is 5.41 Å². The second-order valence-electron chi connectivity index (χ2n) is 5.22. The highest BCUT2D eigenvalue weighted by molar-refractivity contribution is 7.16. The Kier molecular flexibility index (Phi) is 4.95. The van der Waals surface area contributed by atoms with E-state index in [-0.39, 0.29) is 21.8 Å². The van der Waals surface area contributed by atoms with Gasteiger partial charge in [-0.25, -0.2) is 5.48 Å². The molecule has 0 bridgehead atoms. The standard InChI is InChI=1S/C12H17ClN2O3S/c1-6(14-11(17)12(2,3)4)8-5-7(9(13)19-8)10(16)15-18/h5-6,18H,1-4H3,(H,14,17)(H,15,16). The molecule has 0 saturated heterocycles. The zero-order chi connectivity index (χ0) is 14.8. The zero-order valence-corrected chi connectivity index (χ0v) is 12.8. The Labute approximate surface area is 120 Å². The molecule has 7 heteroatoms. The number of thiophene rings is 1. The third kappa shape index (κ3) is 3.92. The SMILES string of the molecule is CC(NC(=O)C(C)(C)C)c1cc(C(=O)NO)c(Cl)s1. The maximum absolute atomic E-state index is 11.9. The molecular formula is C12H17ClN2O3S. The molecule has 2 amide bonds. The minimum absolute atomic E-state index is 0.0855. The molecule has 1 heterocycles. The van der Waals surface area contributed by atoms with Crippen LogP contribution in [0.5, 0.6) is 0 Å². The number of amides is 2. The van der Waals surface area contributed by atoms with Crippen molar-refractivity contribution in [3.05, 3.63) is 20.8 Å². The molecule has 5 nitrogen and oxygen atoms in total. The molecule has 0 spiro atoms. The molecule has 0 radical (unpaired) electrons. The van der Waals surface area contributed by atoms with E-state index in [1.54, 1.807) is 6.07 Å². The highest BCUT2D eigenvalue weighted by atomic mass is 35.5. The molecule has 1 rings (SSSR count). The fourth-order valence-corrected chi connectivity index (χ4v) is 2.59. The number of halogens is 1. The number of hydroxylamine groups is 1. The first-order valence-corrected chi connectivity index (χ1v) is 6.91. The number of carbonyl (C=O) groups excluding carboxylic acids is 2. The molecule has 0 aliphatic heterocycles. The third-order valence-corrected chi connectivity index (χ3v) is 4.05. The van der Waals surface area contributed by atoms with Gasteiger partial charge in [0.05, 0.1) is 11.6 Å². The topological polar surface area (TPSA) is 78.4 Å². The van der Waals surface area contributed by atoms with E-state index in [0.29, 0.717) is 0 Å². The minimum Gasteiger partial charge on any atom is -0.348 e. The second kappa shape index (κ2) is 5.90. The maximum atomic E-state index is 11.9. The van der Waals surface area contributed by atoms with E-state index in [1.807, 2.05) is 27.7 Å². The maximum Gasteiger partial charge on any atom is 0.277 e. The summed E-state index contributed by atoms with van der Waals surface area (Å²) in [4.78, 5) is 23.9. The molecule has 3 N–H and O–H groups in total. The first kappa shape index (κ1) is 15.9. The molecule has 0 aliphatic carbocycles. The summed E-state index contributed by atoms with van der Waals surface area (Å²) in [5.41, 5.74) is 1.25. The summed E-state index contributed by atoms with van der Waals surface area (Å²) in [5.74, 6) is -0.750. The summed E-state index contributed by atoms with van der Waals surface area (Å²) in [6.07, 6.45) is 0. The first-order chi connectivity index (χ1) is 8.66. The van der Waals surface area contributed by atoms with Crippen LogP contribution in [-0.4, -0.2) is 17.0 Å². The molecule has 0 saturated carbocycles. The third-order valence-electron chi connectivity index (χ3n) is 2.51. The Hall–Kier alpha value is -1.11. The van der Waals surface area contributed by atoms with Crippen LogP contribution in [0.25, 0.3) is 0 Å². The number of hydrogen-bond acceptors (Lipinski definition) is 4. The monoisotopic (exact) mass is 304 g/mol. The van der Waals surface area contributed by atoms with Gasteiger partial charge in [-0.1, -0.05) is 32.4 Å². The van der Waals surface area contributed by atoms with Gasteiger partial charge in [0.25, 0.3) is 5.91 Å². The van der Waals surface area contributed by atoms with Gasteiger partial charge in [-0.2, -0.15) is 0 Å². The van der Waals surface area contributed by atoms with E-state index in [1.165, 1.54) is 16.8 Å². The molecule has 19 heavy (non-hydrogen) atoms. The van der Waals surface area contributed by atoms with Crippen molar-refractivity contribution in [3.63, 3.8) is 0 Å². The van der Waals surface area contributed by atoms with Crippen molar-refractivity contribution in [2.75, 3.05) is 0 Å². The summed E-state index contributed by atoms with van der Waals surface area (Å²) in [6.45, 7) is 7.27. The van der Waals surface area contributed by atoms with Crippen LogP contribution < -0.4 is 10.8 Å². The Bertz CT molecular complexity index is 494. The van der Waals surface area contributed by atoms with E-state index in [2.05, 4.69) is 5.32 Å². The summed E-state index contributed by atoms with van der Waals surface area (Å²) >= 11 is 7.12. The fraction of sp³-hybridized carbons (Fsp3) is 0.500. The number of carbonyl (C=O) groups is 2. The van der Waals surface area contributed by atoms with E-state index in [4.69, 9.17) is 16.8 Å². The van der Waals surface area contributed by atoms with Crippen molar-refractivity contribution in [3.8, 4) is 0 Å². The summed E-state index contributed by atoms with van der Waals surface area (Å²) in [5, 5.41) is 11.4. The van der Waals surface area contributed by atoms with Crippen molar-refractivity contribution >= 4 is 34.8 Å². The predicted molar refractivity (Wildman–Crippen MR) is 74.6 cm³/mol. The Balaban J connectivity index is 2.87. The number of hydrogen-bond donors (Lipinski definition) is 3. The van der Waals surface area contributed by atoms with Gasteiger partial charge < -0.3 is 5.32 Å². The molecule has 0 aromatic carbocycles. The lowest BCUT2D eigenvalue weighted by atomic mass is 9.95. The van der Waals surface area contributed by atoms with Gasteiger partial charge in [-0.3, -0.25) is 14.8 Å². The molecule has 106 valence electrons. The largest absolute Gasteiger partial charge is 0.348 e. The van der Waals surface area contributed by atoms with Crippen molar-refractivity contribution in [2.45, 2.75) is 33.7 Å². The van der Waals surface area contributed by atoms with Gasteiger partial charge in [0, 0.05) is 10.3 Å². The lowest BCUT2D eigenvalue weighted by molar-refractivity contribution is -0.129.